The number of carbonyl (C=O) groups is 5. The first-order valence-corrected chi connectivity index (χ1v) is 31.5. The Bertz CT molecular complexity index is 1710. The van der Waals surface area contributed by atoms with Crippen molar-refractivity contribution in [3.8, 4) is 5.88 Å². The standard InChI is InChI=1S/C61H108N3O12S/c1-8-11-14-17-19-21-23-25-27-29-31-33-35-41-54(65)72-49-53(50-73-55(66)42-36-34-32-30-28-26-24-22-20-18-15-12-9-2)75-56(67)43-39-46-70-57(68)47-61(5,6)76-60(69)74-51(4)64(7)44-38-40-52(48-64)58-59(63-77-62-58)71-45-37-16-13-10-3/h40,51,53H,8-39,41-50H2,1-7H3/q+1/t51-,64?/m1/s1. The Morgan fingerprint density at radius 1 is 0.558 bits per heavy atom. The molecule has 0 N–H and O–H groups in total. The van der Waals surface area contributed by atoms with Gasteiger partial charge >= 0.3 is 30.0 Å². The number of quaternary nitrogens is 1. The number of nitrogens with zero attached hydrogens (tertiary/aromatic N) is 3. The average molecular weight is 1110 g/mol. The molecule has 1 unspecified atom stereocenters. The zero-order chi connectivity index (χ0) is 56.3. The predicted molar refractivity (Wildman–Crippen MR) is 306 cm³/mol. The lowest BCUT2D eigenvalue weighted by Gasteiger charge is -2.41. The molecule has 16 heteroatoms. The summed E-state index contributed by atoms with van der Waals surface area (Å²) in [6.07, 6.45) is 36.6. The SMILES string of the molecule is CCCCCCCCCCCCCCCC(=O)OCC(COC(=O)CCCCCCCCCCCCCCC)OC(=O)CCCOC(=O)CC(C)(C)OC(=O)O[C@H](C)[N+]1(C)CCC=C(c2nsnc2OCCCCCC)C1. The van der Waals surface area contributed by atoms with Crippen LogP contribution < -0.4 is 4.74 Å². The number of esters is 4. The molecule has 0 saturated carbocycles. The van der Waals surface area contributed by atoms with E-state index in [2.05, 4.69) is 35.6 Å². The first-order valence-electron chi connectivity index (χ1n) is 30.8. The van der Waals surface area contributed by atoms with Gasteiger partial charge in [0.1, 0.15) is 31.1 Å². The highest BCUT2D eigenvalue weighted by Crippen LogP contribution is 2.32. The number of rotatable bonds is 49. The summed E-state index contributed by atoms with van der Waals surface area (Å²) in [4.78, 5) is 64.4. The van der Waals surface area contributed by atoms with Crippen molar-refractivity contribution >= 4 is 47.3 Å². The lowest BCUT2D eigenvalue weighted by atomic mass is 10.0. The maximum Gasteiger partial charge on any atom is 0.513 e. The molecule has 0 aliphatic carbocycles. The monoisotopic (exact) mass is 1110 g/mol. The van der Waals surface area contributed by atoms with Crippen LogP contribution in [-0.4, -0.2) is 108 Å². The fourth-order valence-corrected chi connectivity index (χ4v) is 10.1. The third kappa shape index (κ3) is 35.4. The van der Waals surface area contributed by atoms with Crippen molar-refractivity contribution in [2.24, 2.45) is 0 Å². The highest BCUT2D eigenvalue weighted by Gasteiger charge is 2.38. The van der Waals surface area contributed by atoms with Gasteiger partial charge in [-0.15, -0.1) is 4.37 Å². The third-order valence-corrected chi connectivity index (χ3v) is 15.1. The van der Waals surface area contributed by atoms with E-state index in [1.807, 2.05) is 14.0 Å². The van der Waals surface area contributed by atoms with E-state index in [-0.39, 0.29) is 63.9 Å². The van der Waals surface area contributed by atoms with Crippen LogP contribution in [0.2, 0.25) is 0 Å². The average Bonchev–Trinajstić information content (AvgIpc) is 3.87. The molecule has 444 valence electrons. The number of hydrogen-bond acceptors (Lipinski definition) is 15. The van der Waals surface area contributed by atoms with Crippen LogP contribution in [-0.2, 0) is 47.6 Å². The quantitative estimate of drug-likeness (QED) is 0.0261. The number of likely N-dealkylation sites (N-methyl/N-ethyl adjacent to an activating group) is 1. The van der Waals surface area contributed by atoms with Crippen LogP contribution in [0.25, 0.3) is 5.57 Å². The van der Waals surface area contributed by atoms with E-state index in [0.29, 0.717) is 23.5 Å². The summed E-state index contributed by atoms with van der Waals surface area (Å²) in [5, 5.41) is 0. The Hall–Kier alpha value is -3.79. The molecule has 0 fully saturated rings. The molecule has 0 saturated heterocycles. The van der Waals surface area contributed by atoms with E-state index in [0.717, 1.165) is 93.7 Å². The molecule has 2 heterocycles. The van der Waals surface area contributed by atoms with Crippen LogP contribution in [0.3, 0.4) is 0 Å². The van der Waals surface area contributed by atoms with Gasteiger partial charge in [-0.2, -0.15) is 4.37 Å². The summed E-state index contributed by atoms with van der Waals surface area (Å²) in [6.45, 7) is 13.0. The summed E-state index contributed by atoms with van der Waals surface area (Å²) < 4.78 is 48.8. The minimum absolute atomic E-state index is 0.0792. The van der Waals surface area contributed by atoms with E-state index in [1.54, 1.807) is 13.8 Å². The summed E-state index contributed by atoms with van der Waals surface area (Å²) in [5.41, 5.74) is 0.476. The van der Waals surface area contributed by atoms with Gasteiger partial charge in [0.25, 0.3) is 5.88 Å². The second-order valence-electron chi connectivity index (χ2n) is 22.5. The Morgan fingerprint density at radius 3 is 1.51 bits per heavy atom. The predicted octanol–water partition coefficient (Wildman–Crippen LogP) is 15.7. The summed E-state index contributed by atoms with van der Waals surface area (Å²) in [5.74, 6) is -1.43. The van der Waals surface area contributed by atoms with Gasteiger partial charge in [0.15, 0.2) is 6.10 Å². The Balaban J connectivity index is 1.76. The van der Waals surface area contributed by atoms with E-state index < -0.39 is 36.0 Å². The smallest absolute Gasteiger partial charge is 0.475 e. The highest BCUT2D eigenvalue weighted by atomic mass is 32.1. The number of hydrogen-bond donors (Lipinski definition) is 0. The third-order valence-electron chi connectivity index (χ3n) is 14.6. The molecule has 1 aliphatic rings. The van der Waals surface area contributed by atoms with Crippen LogP contribution in [0.1, 0.15) is 278 Å². The minimum atomic E-state index is -1.24. The molecule has 2 atom stereocenters. The van der Waals surface area contributed by atoms with Gasteiger partial charge in [-0.1, -0.05) is 200 Å². The van der Waals surface area contributed by atoms with Gasteiger partial charge in [-0.05, 0) is 39.5 Å². The molecule has 2 rings (SSSR count). The summed E-state index contributed by atoms with van der Waals surface area (Å²) in [6, 6.07) is 0. The first-order chi connectivity index (χ1) is 37.2. The molecular formula is C61H108N3O12S+. The molecule has 0 bridgehead atoms. The Kier molecular flexibility index (Phi) is 39.6. The second kappa shape index (κ2) is 44.0. The van der Waals surface area contributed by atoms with Crippen molar-refractivity contribution < 1.29 is 61.6 Å². The lowest BCUT2D eigenvalue weighted by Crippen LogP contribution is -2.55. The molecule has 1 aromatic rings. The van der Waals surface area contributed by atoms with E-state index in [1.165, 1.54) is 135 Å². The van der Waals surface area contributed by atoms with Gasteiger partial charge in [0.2, 0.25) is 6.23 Å². The zero-order valence-corrected chi connectivity index (χ0v) is 50.4. The molecule has 0 radical (unpaired) electrons. The van der Waals surface area contributed by atoms with Crippen molar-refractivity contribution in [2.45, 2.75) is 291 Å². The van der Waals surface area contributed by atoms with Gasteiger partial charge in [0.05, 0.1) is 45.0 Å². The number of unbranched alkanes of at least 4 members (excludes halogenated alkanes) is 27. The van der Waals surface area contributed by atoms with Crippen molar-refractivity contribution in [1.82, 2.24) is 8.75 Å². The number of aromatic nitrogens is 2. The Labute approximate surface area is 470 Å². The van der Waals surface area contributed by atoms with E-state index >= 15 is 0 Å². The van der Waals surface area contributed by atoms with Crippen molar-refractivity contribution in [3.05, 3.63) is 11.8 Å². The first kappa shape index (κ1) is 69.3. The van der Waals surface area contributed by atoms with Crippen LogP contribution in [0.15, 0.2) is 6.08 Å². The molecule has 0 aromatic carbocycles. The van der Waals surface area contributed by atoms with Crippen LogP contribution in [0.4, 0.5) is 4.79 Å². The molecule has 0 spiro atoms. The van der Waals surface area contributed by atoms with Crippen molar-refractivity contribution in [1.29, 1.82) is 0 Å². The lowest BCUT2D eigenvalue weighted by molar-refractivity contribution is -0.944. The summed E-state index contributed by atoms with van der Waals surface area (Å²) >= 11 is 1.12. The van der Waals surface area contributed by atoms with Gasteiger partial charge in [0, 0.05) is 38.2 Å². The van der Waals surface area contributed by atoms with Crippen molar-refractivity contribution in [3.63, 3.8) is 0 Å². The van der Waals surface area contributed by atoms with Gasteiger partial charge < -0.3 is 33.2 Å². The molecule has 1 aromatic heterocycles. The molecule has 1 aliphatic heterocycles. The fraction of sp³-hybridized carbons (Fsp3) is 0.852. The fourth-order valence-electron chi connectivity index (χ4n) is 9.52. The van der Waals surface area contributed by atoms with Gasteiger partial charge in [-0.3, -0.25) is 23.7 Å². The molecule has 0 amide bonds. The molecular weight excluding hydrogens is 999 g/mol. The molecule has 77 heavy (non-hydrogen) atoms. The maximum atomic E-state index is 13.1. The summed E-state index contributed by atoms with van der Waals surface area (Å²) in [7, 11) is 2.02. The largest absolute Gasteiger partial charge is 0.513 e. The van der Waals surface area contributed by atoms with E-state index in [9.17, 15) is 24.0 Å². The van der Waals surface area contributed by atoms with E-state index in [4.69, 9.17) is 33.2 Å². The van der Waals surface area contributed by atoms with Crippen LogP contribution in [0.5, 0.6) is 5.88 Å². The normalized spacial score (nSPS) is 14.9. The Morgan fingerprint density at radius 2 is 1.01 bits per heavy atom. The van der Waals surface area contributed by atoms with Gasteiger partial charge in [-0.25, -0.2) is 4.79 Å². The number of carbonyl (C=O) groups excluding carboxylic acids is 5. The highest BCUT2D eigenvalue weighted by molar-refractivity contribution is 6.99. The molecule has 15 nitrogen and oxygen atoms in total. The minimum Gasteiger partial charge on any atom is -0.475 e. The second-order valence-corrected chi connectivity index (χ2v) is 23.0. The topological polar surface area (TPSA) is 176 Å². The van der Waals surface area contributed by atoms with Crippen LogP contribution >= 0.6 is 11.7 Å². The number of ether oxygens (including phenoxy) is 7. The van der Waals surface area contributed by atoms with Crippen LogP contribution in [0, 0.1) is 0 Å². The van der Waals surface area contributed by atoms with Crippen molar-refractivity contribution in [2.75, 3.05) is 46.6 Å². The zero-order valence-electron chi connectivity index (χ0n) is 49.6. The maximum absolute atomic E-state index is 13.1.